The second kappa shape index (κ2) is 8.29. The van der Waals surface area contributed by atoms with Gasteiger partial charge in [0.1, 0.15) is 11.5 Å². The van der Waals surface area contributed by atoms with Gasteiger partial charge >= 0.3 is 0 Å². The highest BCUT2D eigenvalue weighted by Gasteiger charge is 2.07. The van der Waals surface area contributed by atoms with Gasteiger partial charge in [-0.2, -0.15) is 0 Å². The number of benzene rings is 2. The Bertz CT molecular complexity index is 873. The summed E-state index contributed by atoms with van der Waals surface area (Å²) in [7, 11) is 0. The van der Waals surface area contributed by atoms with Crippen molar-refractivity contribution in [2.45, 2.75) is 19.9 Å². The normalized spacial score (nSPS) is 11.0. The number of furan rings is 1. The van der Waals surface area contributed by atoms with Gasteiger partial charge in [0.05, 0.1) is 6.54 Å². The third-order valence-electron chi connectivity index (χ3n) is 4.00. The standard InChI is InChI=1S/C20H18Cl3NO/c1-13-2-3-15(10-18(13)22)20-7-6-17(25-20)12-24-9-8-14-4-5-16(21)11-19(14)23/h2-7,10-11,24H,8-9,12H2,1H3. The van der Waals surface area contributed by atoms with Crippen LogP contribution in [0.5, 0.6) is 0 Å². The zero-order chi connectivity index (χ0) is 17.8. The van der Waals surface area contributed by atoms with E-state index in [9.17, 15) is 0 Å². The van der Waals surface area contributed by atoms with E-state index in [1.54, 1.807) is 6.07 Å². The van der Waals surface area contributed by atoms with Crippen LogP contribution in [0.3, 0.4) is 0 Å². The van der Waals surface area contributed by atoms with Crippen LogP contribution < -0.4 is 5.32 Å². The SMILES string of the molecule is Cc1ccc(-c2ccc(CNCCc3ccc(Cl)cc3Cl)o2)cc1Cl. The Balaban J connectivity index is 1.54. The van der Waals surface area contributed by atoms with Crippen molar-refractivity contribution in [2.75, 3.05) is 6.54 Å². The first-order chi connectivity index (χ1) is 12.0. The summed E-state index contributed by atoms with van der Waals surface area (Å²) in [4.78, 5) is 0. The van der Waals surface area contributed by atoms with E-state index in [1.807, 2.05) is 49.4 Å². The molecule has 0 atom stereocenters. The maximum atomic E-state index is 6.18. The molecule has 0 unspecified atom stereocenters. The van der Waals surface area contributed by atoms with Crippen LogP contribution in [0.1, 0.15) is 16.9 Å². The Kier molecular flexibility index (Phi) is 6.08. The van der Waals surface area contributed by atoms with Gasteiger partial charge in [0, 0.05) is 20.6 Å². The third-order valence-corrected chi connectivity index (χ3v) is 5.00. The van der Waals surface area contributed by atoms with Crippen LogP contribution in [0.4, 0.5) is 0 Å². The quantitative estimate of drug-likeness (QED) is 0.480. The second-order valence-corrected chi connectivity index (χ2v) is 7.14. The molecule has 1 aromatic heterocycles. The molecular formula is C20H18Cl3NO. The minimum Gasteiger partial charge on any atom is -0.460 e. The molecule has 2 aromatic carbocycles. The minimum absolute atomic E-state index is 0.654. The molecular weight excluding hydrogens is 377 g/mol. The van der Waals surface area contributed by atoms with Crippen LogP contribution in [0, 0.1) is 6.92 Å². The van der Waals surface area contributed by atoms with Gasteiger partial charge in [-0.05, 0) is 61.3 Å². The average Bonchev–Trinajstić information content (AvgIpc) is 3.04. The third kappa shape index (κ3) is 4.80. The lowest BCUT2D eigenvalue weighted by atomic mass is 10.1. The minimum atomic E-state index is 0.654. The summed E-state index contributed by atoms with van der Waals surface area (Å²) in [6.07, 6.45) is 0.830. The highest BCUT2D eigenvalue weighted by Crippen LogP contribution is 2.27. The van der Waals surface area contributed by atoms with E-state index in [1.165, 1.54) is 0 Å². The molecule has 3 aromatic rings. The maximum absolute atomic E-state index is 6.18. The van der Waals surface area contributed by atoms with Gasteiger partial charge in [-0.3, -0.25) is 0 Å². The topological polar surface area (TPSA) is 25.2 Å². The summed E-state index contributed by atoms with van der Waals surface area (Å²) >= 11 is 18.3. The van der Waals surface area contributed by atoms with Crippen molar-refractivity contribution in [3.8, 4) is 11.3 Å². The summed E-state index contributed by atoms with van der Waals surface area (Å²) < 4.78 is 5.89. The first-order valence-corrected chi connectivity index (χ1v) is 9.16. The lowest BCUT2D eigenvalue weighted by Gasteiger charge is -2.06. The molecule has 0 saturated carbocycles. The van der Waals surface area contributed by atoms with Gasteiger partial charge in [-0.25, -0.2) is 0 Å². The van der Waals surface area contributed by atoms with Gasteiger partial charge in [0.15, 0.2) is 0 Å². The second-order valence-electron chi connectivity index (χ2n) is 5.89. The summed E-state index contributed by atoms with van der Waals surface area (Å²) in [5.41, 5.74) is 3.11. The number of nitrogens with one attached hydrogen (secondary N) is 1. The van der Waals surface area contributed by atoms with Crippen LogP contribution in [0.2, 0.25) is 15.1 Å². The van der Waals surface area contributed by atoms with E-state index >= 15 is 0 Å². The number of aryl methyl sites for hydroxylation is 1. The molecule has 25 heavy (non-hydrogen) atoms. The molecule has 5 heteroatoms. The van der Waals surface area contributed by atoms with Crippen molar-refractivity contribution in [2.24, 2.45) is 0 Å². The van der Waals surface area contributed by atoms with Crippen LogP contribution >= 0.6 is 34.8 Å². The van der Waals surface area contributed by atoms with E-state index in [0.29, 0.717) is 16.6 Å². The molecule has 130 valence electrons. The Labute approximate surface area is 162 Å². The van der Waals surface area contributed by atoms with Crippen LogP contribution in [0.25, 0.3) is 11.3 Å². The molecule has 1 heterocycles. The Morgan fingerprint density at radius 3 is 2.52 bits per heavy atom. The zero-order valence-electron chi connectivity index (χ0n) is 13.8. The number of halogens is 3. The van der Waals surface area contributed by atoms with Crippen LogP contribution in [0.15, 0.2) is 52.9 Å². The summed E-state index contributed by atoms with van der Waals surface area (Å²) in [6, 6.07) is 15.5. The molecule has 3 rings (SSSR count). The zero-order valence-corrected chi connectivity index (χ0v) is 16.1. The van der Waals surface area contributed by atoms with Crippen LogP contribution in [-0.2, 0) is 13.0 Å². The van der Waals surface area contributed by atoms with Gasteiger partial charge in [0.2, 0.25) is 0 Å². The van der Waals surface area contributed by atoms with Crippen molar-refractivity contribution < 1.29 is 4.42 Å². The fourth-order valence-corrected chi connectivity index (χ4v) is 3.22. The van der Waals surface area contributed by atoms with Crippen molar-refractivity contribution in [1.29, 1.82) is 0 Å². The smallest absolute Gasteiger partial charge is 0.134 e. The van der Waals surface area contributed by atoms with E-state index in [2.05, 4.69) is 5.32 Å². The molecule has 2 nitrogen and oxygen atoms in total. The fourth-order valence-electron chi connectivity index (χ4n) is 2.53. The van der Waals surface area contributed by atoms with Crippen molar-refractivity contribution in [1.82, 2.24) is 5.32 Å². The van der Waals surface area contributed by atoms with Gasteiger partial charge in [-0.1, -0.05) is 53.0 Å². The summed E-state index contributed by atoms with van der Waals surface area (Å²) in [5, 5.41) is 5.46. The molecule has 0 radical (unpaired) electrons. The largest absolute Gasteiger partial charge is 0.460 e. The molecule has 0 bridgehead atoms. The molecule has 0 aliphatic rings. The van der Waals surface area contributed by atoms with Crippen molar-refractivity contribution >= 4 is 34.8 Å². The summed E-state index contributed by atoms with van der Waals surface area (Å²) in [5.74, 6) is 1.70. The molecule has 0 fully saturated rings. The predicted molar refractivity (Wildman–Crippen MR) is 106 cm³/mol. The first-order valence-electron chi connectivity index (χ1n) is 8.03. The van der Waals surface area contributed by atoms with Crippen molar-refractivity contribution in [3.05, 3.63) is 80.5 Å². The molecule has 0 aliphatic heterocycles. The Hall–Kier alpha value is -1.45. The Morgan fingerprint density at radius 2 is 1.76 bits per heavy atom. The first kappa shape index (κ1) is 18.3. The fraction of sp³-hybridized carbons (Fsp3) is 0.200. The van der Waals surface area contributed by atoms with Crippen molar-refractivity contribution in [3.63, 3.8) is 0 Å². The monoisotopic (exact) mass is 393 g/mol. The lowest BCUT2D eigenvalue weighted by Crippen LogP contribution is -2.16. The lowest BCUT2D eigenvalue weighted by molar-refractivity contribution is 0.495. The van der Waals surface area contributed by atoms with Gasteiger partial charge in [0.25, 0.3) is 0 Å². The number of hydrogen-bond donors (Lipinski definition) is 1. The van der Waals surface area contributed by atoms with Gasteiger partial charge < -0.3 is 9.73 Å². The summed E-state index contributed by atoms with van der Waals surface area (Å²) in [6.45, 7) is 3.44. The molecule has 0 aliphatic carbocycles. The molecule has 0 amide bonds. The van der Waals surface area contributed by atoms with E-state index in [-0.39, 0.29) is 0 Å². The maximum Gasteiger partial charge on any atom is 0.134 e. The van der Waals surface area contributed by atoms with E-state index in [4.69, 9.17) is 39.2 Å². The van der Waals surface area contributed by atoms with Crippen LogP contribution in [-0.4, -0.2) is 6.54 Å². The van der Waals surface area contributed by atoms with E-state index in [0.717, 1.165) is 46.2 Å². The Morgan fingerprint density at radius 1 is 0.920 bits per heavy atom. The van der Waals surface area contributed by atoms with Gasteiger partial charge in [-0.15, -0.1) is 0 Å². The average molecular weight is 395 g/mol. The van der Waals surface area contributed by atoms with E-state index < -0.39 is 0 Å². The number of rotatable bonds is 6. The molecule has 1 N–H and O–H groups in total. The predicted octanol–water partition coefficient (Wildman–Crippen LogP) is 6.55. The molecule has 0 saturated heterocycles. The highest BCUT2D eigenvalue weighted by atomic mass is 35.5. The molecule has 0 spiro atoms. The number of hydrogen-bond acceptors (Lipinski definition) is 2. The highest BCUT2D eigenvalue weighted by molar-refractivity contribution is 6.35.